The minimum absolute atomic E-state index is 0. The van der Waals surface area contributed by atoms with E-state index in [2.05, 4.69) is 0 Å². The van der Waals surface area contributed by atoms with Gasteiger partial charge in [-0.1, -0.05) is 13.8 Å². The van der Waals surface area contributed by atoms with E-state index in [0.29, 0.717) is 0 Å². The SMILES string of the molecule is CC(C)[C@H](N)C(=O)[O-].[Li+]. The van der Waals surface area contributed by atoms with Gasteiger partial charge in [0.15, 0.2) is 0 Å². The molecule has 2 N–H and O–H groups in total. The summed E-state index contributed by atoms with van der Waals surface area (Å²) in [4.78, 5) is 9.90. The molecule has 0 amide bonds. The number of carboxylic acid groups (broad SMARTS) is 1. The third-order valence-electron chi connectivity index (χ3n) is 0.990. The van der Waals surface area contributed by atoms with Crippen LogP contribution in [-0.4, -0.2) is 12.0 Å². The minimum atomic E-state index is -1.18. The third-order valence-corrected chi connectivity index (χ3v) is 0.990. The van der Waals surface area contributed by atoms with Gasteiger partial charge in [-0.2, -0.15) is 0 Å². The van der Waals surface area contributed by atoms with Gasteiger partial charge in [-0.15, -0.1) is 0 Å². The zero-order chi connectivity index (χ0) is 6.73. The molecule has 0 bridgehead atoms. The van der Waals surface area contributed by atoms with Gasteiger partial charge < -0.3 is 15.6 Å². The number of rotatable bonds is 2. The van der Waals surface area contributed by atoms with E-state index in [1.54, 1.807) is 13.8 Å². The Bertz CT molecular complexity index is 95.0. The van der Waals surface area contributed by atoms with Gasteiger partial charge >= 0.3 is 18.9 Å². The van der Waals surface area contributed by atoms with Crippen molar-refractivity contribution >= 4 is 5.97 Å². The monoisotopic (exact) mass is 123 g/mol. The van der Waals surface area contributed by atoms with Crippen molar-refractivity contribution in [3.63, 3.8) is 0 Å². The molecule has 0 rings (SSSR count). The van der Waals surface area contributed by atoms with Crippen molar-refractivity contribution in [3.05, 3.63) is 0 Å². The summed E-state index contributed by atoms with van der Waals surface area (Å²) in [6.07, 6.45) is 0. The van der Waals surface area contributed by atoms with Crippen molar-refractivity contribution in [3.8, 4) is 0 Å². The molecule has 0 aliphatic heterocycles. The van der Waals surface area contributed by atoms with E-state index in [1.807, 2.05) is 0 Å². The molecule has 4 heteroatoms. The summed E-state index contributed by atoms with van der Waals surface area (Å²) in [6, 6.07) is -0.824. The quantitative estimate of drug-likeness (QED) is 0.378. The second kappa shape index (κ2) is 4.86. The van der Waals surface area contributed by atoms with Crippen LogP contribution in [0, 0.1) is 5.92 Å². The van der Waals surface area contributed by atoms with Crippen molar-refractivity contribution in [2.24, 2.45) is 11.7 Å². The Morgan fingerprint density at radius 2 is 1.89 bits per heavy atom. The van der Waals surface area contributed by atoms with Crippen LogP contribution in [0.1, 0.15) is 13.8 Å². The number of hydrogen-bond acceptors (Lipinski definition) is 3. The second-order valence-electron chi connectivity index (χ2n) is 2.09. The van der Waals surface area contributed by atoms with E-state index in [0.717, 1.165) is 0 Å². The van der Waals surface area contributed by atoms with E-state index >= 15 is 0 Å². The largest absolute Gasteiger partial charge is 1.00 e. The van der Waals surface area contributed by atoms with Gasteiger partial charge in [0.1, 0.15) is 0 Å². The first kappa shape index (κ1) is 11.8. The van der Waals surface area contributed by atoms with Crippen LogP contribution in [-0.2, 0) is 4.79 Å². The average Bonchev–Trinajstić information content (AvgIpc) is 1.64. The number of carbonyl (C=O) groups is 1. The predicted octanol–water partition coefficient (Wildman–Crippen LogP) is -4.28. The van der Waals surface area contributed by atoms with E-state index < -0.39 is 12.0 Å². The second-order valence-corrected chi connectivity index (χ2v) is 2.09. The Kier molecular flexibility index (Phi) is 6.37. The van der Waals surface area contributed by atoms with Gasteiger partial charge in [0.05, 0.1) is 5.97 Å². The summed E-state index contributed by atoms with van der Waals surface area (Å²) in [6.45, 7) is 3.47. The molecule has 0 spiro atoms. The van der Waals surface area contributed by atoms with E-state index in [4.69, 9.17) is 5.73 Å². The summed E-state index contributed by atoms with van der Waals surface area (Å²) >= 11 is 0. The maximum atomic E-state index is 9.90. The molecule has 0 heterocycles. The van der Waals surface area contributed by atoms with Gasteiger partial charge in [0.2, 0.25) is 0 Å². The maximum Gasteiger partial charge on any atom is 1.00 e. The molecule has 0 aliphatic rings. The van der Waals surface area contributed by atoms with Crippen LogP contribution in [0.5, 0.6) is 0 Å². The van der Waals surface area contributed by atoms with Gasteiger partial charge in [0.25, 0.3) is 0 Å². The standard InChI is InChI=1S/C5H11NO2.Li/c1-3(2)4(6)5(7)8;/h3-4H,6H2,1-2H3,(H,7,8);/q;+1/p-1/t4-;/m0./s1. The molecule has 9 heavy (non-hydrogen) atoms. The van der Waals surface area contributed by atoms with Gasteiger partial charge in [-0.3, -0.25) is 0 Å². The van der Waals surface area contributed by atoms with Gasteiger partial charge in [-0.25, -0.2) is 0 Å². The minimum Gasteiger partial charge on any atom is -0.548 e. The molecule has 0 fully saturated rings. The Balaban J connectivity index is 0. The summed E-state index contributed by atoms with van der Waals surface area (Å²) < 4.78 is 0. The zero-order valence-corrected chi connectivity index (χ0v) is 6.05. The molecular weight excluding hydrogens is 113 g/mol. The Hall–Kier alpha value is 0.0274. The molecule has 0 aromatic carbocycles. The Morgan fingerprint density at radius 1 is 1.56 bits per heavy atom. The number of hydrogen-bond donors (Lipinski definition) is 1. The first-order valence-electron chi connectivity index (χ1n) is 2.52. The number of nitrogens with two attached hydrogens (primary N) is 1. The molecule has 0 aromatic heterocycles. The van der Waals surface area contributed by atoms with Crippen molar-refractivity contribution in [1.82, 2.24) is 0 Å². The fourth-order valence-corrected chi connectivity index (χ4v) is 0.272. The topological polar surface area (TPSA) is 66.2 Å². The van der Waals surface area contributed by atoms with Gasteiger partial charge in [-0.05, 0) is 5.92 Å². The molecule has 1 atom stereocenters. The van der Waals surface area contributed by atoms with Crippen molar-refractivity contribution in [2.75, 3.05) is 0 Å². The molecule has 48 valence electrons. The Labute approximate surface area is 66.8 Å². The van der Waals surface area contributed by atoms with Gasteiger partial charge in [0, 0.05) is 6.04 Å². The number of aliphatic carboxylic acids is 1. The molecule has 3 nitrogen and oxygen atoms in total. The molecule has 0 aliphatic carbocycles. The van der Waals surface area contributed by atoms with Crippen LogP contribution < -0.4 is 29.7 Å². The van der Waals surface area contributed by atoms with Crippen LogP contribution in [0.3, 0.4) is 0 Å². The van der Waals surface area contributed by atoms with Crippen molar-refractivity contribution in [2.45, 2.75) is 19.9 Å². The first-order valence-corrected chi connectivity index (χ1v) is 2.52. The van der Waals surface area contributed by atoms with Crippen LogP contribution in [0.2, 0.25) is 0 Å². The predicted molar refractivity (Wildman–Crippen MR) is 27.8 cm³/mol. The van der Waals surface area contributed by atoms with E-state index in [1.165, 1.54) is 0 Å². The molecule has 0 aromatic rings. The summed E-state index contributed by atoms with van der Waals surface area (Å²) in [5.74, 6) is -1.22. The number of carboxylic acids is 1. The van der Waals surface area contributed by atoms with Crippen LogP contribution in [0.25, 0.3) is 0 Å². The molecule has 0 radical (unpaired) electrons. The Morgan fingerprint density at radius 3 is 1.89 bits per heavy atom. The normalized spacial score (nSPS) is 12.4. The van der Waals surface area contributed by atoms with E-state index in [-0.39, 0.29) is 24.8 Å². The maximum absolute atomic E-state index is 9.90. The third kappa shape index (κ3) is 4.53. The van der Waals surface area contributed by atoms with Crippen molar-refractivity contribution < 1.29 is 28.8 Å². The zero-order valence-electron chi connectivity index (χ0n) is 6.05. The molecule has 0 saturated carbocycles. The number of carbonyl (C=O) groups excluding carboxylic acids is 1. The first-order chi connectivity index (χ1) is 3.55. The van der Waals surface area contributed by atoms with Crippen molar-refractivity contribution in [1.29, 1.82) is 0 Å². The molecule has 0 saturated heterocycles. The summed E-state index contributed by atoms with van der Waals surface area (Å²) in [5, 5.41) is 9.90. The fraction of sp³-hybridized carbons (Fsp3) is 0.800. The molecule has 0 unspecified atom stereocenters. The van der Waals surface area contributed by atoms with Crippen LogP contribution in [0.15, 0.2) is 0 Å². The summed E-state index contributed by atoms with van der Waals surface area (Å²) in [7, 11) is 0. The summed E-state index contributed by atoms with van der Waals surface area (Å²) in [5.41, 5.74) is 5.10. The molecular formula is C5H10LiNO2. The average molecular weight is 123 g/mol. The fourth-order valence-electron chi connectivity index (χ4n) is 0.272. The van der Waals surface area contributed by atoms with E-state index in [9.17, 15) is 9.90 Å². The smallest absolute Gasteiger partial charge is 0.548 e. The van der Waals surface area contributed by atoms with Crippen LogP contribution >= 0.6 is 0 Å². The van der Waals surface area contributed by atoms with Crippen LogP contribution in [0.4, 0.5) is 0 Å².